The van der Waals surface area contributed by atoms with Crippen LogP contribution in [0, 0.1) is 27.3 Å². The van der Waals surface area contributed by atoms with Gasteiger partial charge in [0.05, 0.1) is 16.7 Å². The molecule has 0 unspecified atom stereocenters. The van der Waals surface area contributed by atoms with Gasteiger partial charge in [0.15, 0.2) is 14.6 Å². The lowest BCUT2D eigenvalue weighted by molar-refractivity contribution is -0.385. The topological polar surface area (TPSA) is 145 Å². The molecule has 2 rings (SSSR count). The second-order valence-electron chi connectivity index (χ2n) is 8.71. The highest BCUT2D eigenvalue weighted by Gasteiger charge is 2.51. The van der Waals surface area contributed by atoms with Crippen LogP contribution in [-0.4, -0.2) is 46.4 Å². The molecule has 2 atom stereocenters. The van der Waals surface area contributed by atoms with Gasteiger partial charge < -0.3 is 9.29 Å². The van der Waals surface area contributed by atoms with Gasteiger partial charge in [0.25, 0.3) is 5.69 Å². The van der Waals surface area contributed by atoms with Crippen LogP contribution >= 0.6 is 0 Å². The zero-order chi connectivity index (χ0) is 23.7. The lowest BCUT2D eigenvalue weighted by Crippen LogP contribution is -2.56. The molecule has 1 heterocycles. The van der Waals surface area contributed by atoms with Crippen LogP contribution in [0.5, 0.6) is 0 Å². The molecule has 9 nitrogen and oxygen atoms in total. The predicted octanol–water partition coefficient (Wildman–Crippen LogP) is 2.49. The summed E-state index contributed by atoms with van der Waals surface area (Å²) < 4.78 is 59.8. The molecule has 0 aromatic heterocycles. The zero-order valence-corrected chi connectivity index (χ0v) is 19.4. The maximum atomic E-state index is 14.8. The van der Waals surface area contributed by atoms with Crippen molar-refractivity contribution in [2.24, 2.45) is 0 Å². The van der Waals surface area contributed by atoms with Crippen LogP contribution in [0.2, 0.25) is 0 Å². The summed E-state index contributed by atoms with van der Waals surface area (Å²) in [6.07, 6.45) is -0.108. The number of sulfone groups is 1. The number of rotatable bonds is 7. The van der Waals surface area contributed by atoms with E-state index in [1.54, 1.807) is 20.8 Å². The highest BCUT2D eigenvalue weighted by atomic mass is 32.2. The summed E-state index contributed by atoms with van der Waals surface area (Å²) >= 11 is -1.85. The fourth-order valence-corrected chi connectivity index (χ4v) is 6.46. The van der Waals surface area contributed by atoms with E-state index in [9.17, 15) is 32.7 Å². The molecule has 0 aliphatic carbocycles. The highest BCUT2D eigenvalue weighted by Crippen LogP contribution is 2.37. The van der Waals surface area contributed by atoms with Gasteiger partial charge in [-0.15, -0.1) is 4.72 Å². The average molecular weight is 476 g/mol. The normalized spacial score (nSPS) is 19.8. The van der Waals surface area contributed by atoms with Gasteiger partial charge in [0.2, 0.25) is 0 Å². The van der Waals surface area contributed by atoms with Crippen LogP contribution in [0.4, 0.5) is 10.1 Å². The molecule has 1 N–H and O–H groups in total. The maximum Gasteiger partial charge on any atom is 0.269 e. The summed E-state index contributed by atoms with van der Waals surface area (Å²) in [5.41, 5.74) is -2.57. The molecule has 1 aliphatic rings. The van der Waals surface area contributed by atoms with Gasteiger partial charge in [0, 0.05) is 55.1 Å². The Labute approximate surface area is 184 Å². The van der Waals surface area contributed by atoms with E-state index < -0.39 is 58.4 Å². The minimum atomic E-state index is -4.22. The van der Waals surface area contributed by atoms with Crippen molar-refractivity contribution in [3.63, 3.8) is 0 Å². The third kappa shape index (κ3) is 5.35. The molecule has 31 heavy (non-hydrogen) atoms. The van der Waals surface area contributed by atoms with Crippen molar-refractivity contribution in [1.29, 1.82) is 5.26 Å². The van der Waals surface area contributed by atoms with Gasteiger partial charge >= 0.3 is 0 Å². The molecular weight excluding hydrogens is 449 g/mol. The van der Waals surface area contributed by atoms with E-state index in [1.165, 1.54) is 6.92 Å². The van der Waals surface area contributed by atoms with Crippen molar-refractivity contribution in [2.75, 3.05) is 19.0 Å². The van der Waals surface area contributed by atoms with Gasteiger partial charge in [-0.1, -0.05) is 0 Å². The Hall–Kier alpha value is -1.78. The van der Waals surface area contributed by atoms with Gasteiger partial charge in [0.1, 0.15) is 16.1 Å². The van der Waals surface area contributed by atoms with Gasteiger partial charge in [-0.25, -0.2) is 12.8 Å². The molecule has 0 radical (unpaired) electrons. The van der Waals surface area contributed by atoms with Crippen LogP contribution < -0.4 is 4.72 Å². The average Bonchev–Trinajstić information content (AvgIpc) is 2.67. The SMILES string of the molecule is CC(C)(C)[S@@+]([O-])N[C@@](C)(CS(=O)(=O)C1(C#N)CCOCC1)c1cc([N+](=O)[O-])ccc1F. The first-order valence-electron chi connectivity index (χ1n) is 9.53. The Balaban J connectivity index is 2.62. The van der Waals surface area contributed by atoms with E-state index in [1.807, 2.05) is 6.07 Å². The summed E-state index contributed by atoms with van der Waals surface area (Å²) in [7, 11) is -4.22. The molecule has 0 bridgehead atoms. The molecule has 12 heteroatoms. The Bertz CT molecular complexity index is 983. The number of nitriles is 1. The summed E-state index contributed by atoms with van der Waals surface area (Å²) in [6, 6.07) is 4.65. The molecule has 1 fully saturated rings. The van der Waals surface area contributed by atoms with Crippen molar-refractivity contribution in [2.45, 2.75) is 55.6 Å². The Morgan fingerprint density at radius 3 is 2.39 bits per heavy atom. The largest absolute Gasteiger partial charge is 0.598 e. The lowest BCUT2D eigenvalue weighted by Gasteiger charge is -2.38. The standard InChI is InChI=1S/C19H26FN3O6S2/c1-17(2,3)30(26)22-18(4,15-11-14(23(24)25)5-6-16(15)20)13-31(27,28)19(12-21)7-9-29-10-8-19/h5-6,11,22H,7-10,13H2,1-4H3/t18-,30+/m0/s1. The first kappa shape index (κ1) is 25.5. The van der Waals surface area contributed by atoms with E-state index in [-0.39, 0.29) is 31.6 Å². The number of benzene rings is 1. The van der Waals surface area contributed by atoms with Gasteiger partial charge in [-0.3, -0.25) is 10.1 Å². The van der Waals surface area contributed by atoms with Crippen molar-refractivity contribution in [3.05, 3.63) is 39.7 Å². The number of hydrogen-bond acceptors (Lipinski definition) is 8. The van der Waals surface area contributed by atoms with E-state index in [4.69, 9.17) is 4.74 Å². The van der Waals surface area contributed by atoms with Crippen LogP contribution in [0.3, 0.4) is 0 Å². The minimum Gasteiger partial charge on any atom is -0.598 e. The number of ether oxygens (including phenoxy) is 1. The number of non-ortho nitro benzene ring substituents is 1. The number of nitrogens with one attached hydrogen (secondary N) is 1. The second-order valence-corrected chi connectivity index (χ2v) is 13.0. The number of nitrogens with zero attached hydrogens (tertiary/aromatic N) is 2. The number of hydrogen-bond donors (Lipinski definition) is 1. The molecule has 1 aromatic rings. The van der Waals surface area contributed by atoms with E-state index >= 15 is 0 Å². The second kappa shape index (κ2) is 8.99. The van der Waals surface area contributed by atoms with E-state index in [0.717, 1.165) is 18.2 Å². The predicted molar refractivity (Wildman–Crippen MR) is 114 cm³/mol. The van der Waals surface area contributed by atoms with E-state index in [2.05, 4.69) is 4.72 Å². The summed E-state index contributed by atoms with van der Waals surface area (Å²) in [6.45, 7) is 6.41. The van der Waals surface area contributed by atoms with Crippen LogP contribution in [0.15, 0.2) is 18.2 Å². The van der Waals surface area contributed by atoms with Crippen LogP contribution in [0.1, 0.15) is 46.1 Å². The number of nitro groups is 1. The molecule has 1 saturated heterocycles. The van der Waals surface area contributed by atoms with E-state index in [0.29, 0.717) is 0 Å². The fourth-order valence-electron chi connectivity index (χ4n) is 3.28. The zero-order valence-electron chi connectivity index (χ0n) is 17.8. The first-order valence-corrected chi connectivity index (χ1v) is 12.3. The van der Waals surface area contributed by atoms with Crippen molar-refractivity contribution in [1.82, 2.24) is 4.72 Å². The minimum absolute atomic E-state index is 0.0539. The van der Waals surface area contributed by atoms with Crippen molar-refractivity contribution >= 4 is 26.9 Å². The fraction of sp³-hybridized carbons (Fsp3) is 0.632. The maximum absolute atomic E-state index is 14.8. The molecule has 0 spiro atoms. The summed E-state index contributed by atoms with van der Waals surface area (Å²) in [5.74, 6) is -1.67. The van der Waals surface area contributed by atoms with Gasteiger partial charge in [-0.2, -0.15) is 5.26 Å². The molecule has 1 aromatic carbocycles. The van der Waals surface area contributed by atoms with Crippen LogP contribution in [-0.2, 0) is 31.5 Å². The molecule has 0 saturated carbocycles. The highest BCUT2D eigenvalue weighted by molar-refractivity contribution is 7.93. The first-order chi connectivity index (χ1) is 14.2. The third-order valence-electron chi connectivity index (χ3n) is 5.21. The van der Waals surface area contributed by atoms with Gasteiger partial charge in [-0.05, 0) is 33.8 Å². The smallest absolute Gasteiger partial charge is 0.269 e. The number of nitro benzene ring substituents is 1. The van der Waals surface area contributed by atoms with Crippen molar-refractivity contribution < 1.29 is 27.0 Å². The number of halogens is 1. The monoisotopic (exact) mass is 475 g/mol. The summed E-state index contributed by atoms with van der Waals surface area (Å²) in [5, 5.41) is 20.9. The summed E-state index contributed by atoms with van der Waals surface area (Å²) in [4.78, 5) is 10.5. The third-order valence-corrected chi connectivity index (χ3v) is 9.60. The molecule has 1 aliphatic heterocycles. The van der Waals surface area contributed by atoms with Crippen LogP contribution in [0.25, 0.3) is 0 Å². The Morgan fingerprint density at radius 1 is 1.32 bits per heavy atom. The molecular formula is C19H26FN3O6S2. The van der Waals surface area contributed by atoms with Crippen molar-refractivity contribution in [3.8, 4) is 6.07 Å². The Kier molecular flexibility index (Phi) is 7.39. The molecule has 172 valence electrons. The lowest BCUT2D eigenvalue weighted by atomic mass is 9.94. The quantitative estimate of drug-likeness (QED) is 0.360. The molecule has 0 amide bonds. The Morgan fingerprint density at radius 2 is 1.90 bits per heavy atom.